The standard InChI is InChI=1S/C17H26N2O4/c1-11(12-7-6-8-13(9-12)22-5)19-16(21)14(18)10-15(20)23-17(2,3)4/h6-9,11,14H,10,18H2,1-5H3,(H,19,21). The lowest BCUT2D eigenvalue weighted by Crippen LogP contribution is -2.43. The highest BCUT2D eigenvalue weighted by Gasteiger charge is 2.23. The van der Waals surface area contributed by atoms with Gasteiger partial charge in [0.05, 0.1) is 25.6 Å². The van der Waals surface area contributed by atoms with E-state index in [1.165, 1.54) is 0 Å². The van der Waals surface area contributed by atoms with Crippen LogP contribution in [-0.4, -0.2) is 30.6 Å². The third-order valence-electron chi connectivity index (χ3n) is 3.10. The number of esters is 1. The van der Waals surface area contributed by atoms with Crippen LogP contribution in [0.4, 0.5) is 0 Å². The Balaban J connectivity index is 2.58. The average Bonchev–Trinajstić information content (AvgIpc) is 2.45. The van der Waals surface area contributed by atoms with Crippen molar-refractivity contribution in [2.75, 3.05) is 7.11 Å². The van der Waals surface area contributed by atoms with E-state index >= 15 is 0 Å². The summed E-state index contributed by atoms with van der Waals surface area (Å²) in [5, 5.41) is 2.79. The van der Waals surface area contributed by atoms with Crippen molar-refractivity contribution in [3.8, 4) is 5.75 Å². The van der Waals surface area contributed by atoms with Gasteiger partial charge in [0.15, 0.2) is 0 Å². The van der Waals surface area contributed by atoms with Crippen LogP contribution in [0.25, 0.3) is 0 Å². The van der Waals surface area contributed by atoms with Gasteiger partial charge < -0.3 is 20.5 Å². The first kappa shape index (κ1) is 19.0. The zero-order valence-corrected chi connectivity index (χ0v) is 14.4. The number of ether oxygens (including phenoxy) is 2. The third-order valence-corrected chi connectivity index (χ3v) is 3.10. The number of carbonyl (C=O) groups is 2. The fourth-order valence-corrected chi connectivity index (χ4v) is 1.97. The summed E-state index contributed by atoms with van der Waals surface area (Å²) in [4.78, 5) is 23.8. The SMILES string of the molecule is COc1cccc(C(C)NC(=O)C(N)CC(=O)OC(C)(C)C)c1. The normalized spacial score (nSPS) is 13.8. The molecule has 0 fully saturated rings. The molecule has 1 amide bonds. The van der Waals surface area contributed by atoms with E-state index in [0.29, 0.717) is 5.75 Å². The van der Waals surface area contributed by atoms with E-state index in [4.69, 9.17) is 15.2 Å². The summed E-state index contributed by atoms with van der Waals surface area (Å²) < 4.78 is 10.3. The molecule has 0 aliphatic carbocycles. The number of nitrogens with two attached hydrogens (primary N) is 1. The minimum Gasteiger partial charge on any atom is -0.497 e. The molecule has 3 N–H and O–H groups in total. The first-order valence-electron chi connectivity index (χ1n) is 7.54. The van der Waals surface area contributed by atoms with Crippen molar-refractivity contribution in [2.24, 2.45) is 5.73 Å². The zero-order chi connectivity index (χ0) is 17.6. The highest BCUT2D eigenvalue weighted by Crippen LogP contribution is 2.19. The second kappa shape index (κ2) is 7.97. The minimum atomic E-state index is -0.946. The quantitative estimate of drug-likeness (QED) is 0.781. The number of methoxy groups -OCH3 is 1. The molecule has 0 aliphatic rings. The number of rotatable bonds is 6. The van der Waals surface area contributed by atoms with Gasteiger partial charge in [0, 0.05) is 0 Å². The van der Waals surface area contributed by atoms with Crippen LogP contribution in [0.3, 0.4) is 0 Å². The number of benzene rings is 1. The molecular formula is C17H26N2O4. The number of nitrogens with one attached hydrogen (secondary N) is 1. The monoisotopic (exact) mass is 322 g/mol. The molecule has 6 heteroatoms. The van der Waals surface area contributed by atoms with Gasteiger partial charge in [0.2, 0.25) is 5.91 Å². The van der Waals surface area contributed by atoms with Crippen LogP contribution in [0.2, 0.25) is 0 Å². The van der Waals surface area contributed by atoms with Gasteiger partial charge in [-0.05, 0) is 45.4 Å². The number of hydrogen-bond donors (Lipinski definition) is 2. The molecule has 128 valence electrons. The number of hydrogen-bond acceptors (Lipinski definition) is 5. The van der Waals surface area contributed by atoms with Crippen LogP contribution in [0.5, 0.6) is 5.75 Å². The van der Waals surface area contributed by atoms with Crippen molar-refractivity contribution in [3.63, 3.8) is 0 Å². The van der Waals surface area contributed by atoms with E-state index < -0.39 is 23.5 Å². The molecule has 23 heavy (non-hydrogen) atoms. The second-order valence-corrected chi connectivity index (χ2v) is 6.40. The molecule has 0 aliphatic heterocycles. The van der Waals surface area contributed by atoms with Gasteiger partial charge >= 0.3 is 5.97 Å². The molecule has 0 bridgehead atoms. The van der Waals surface area contributed by atoms with E-state index in [9.17, 15) is 9.59 Å². The summed E-state index contributed by atoms with van der Waals surface area (Å²) in [6, 6.07) is 6.20. The Bertz CT molecular complexity index is 552. The van der Waals surface area contributed by atoms with Crippen molar-refractivity contribution in [2.45, 2.75) is 51.8 Å². The van der Waals surface area contributed by atoms with Gasteiger partial charge in [0.25, 0.3) is 0 Å². The van der Waals surface area contributed by atoms with Crippen molar-refractivity contribution in [1.82, 2.24) is 5.32 Å². The molecule has 0 saturated carbocycles. The summed E-state index contributed by atoms with van der Waals surface area (Å²) >= 11 is 0. The van der Waals surface area contributed by atoms with Crippen LogP contribution in [0.15, 0.2) is 24.3 Å². The van der Waals surface area contributed by atoms with Crippen molar-refractivity contribution in [3.05, 3.63) is 29.8 Å². The Kier molecular flexibility index (Phi) is 6.57. The van der Waals surface area contributed by atoms with Crippen LogP contribution in [0, 0.1) is 0 Å². The van der Waals surface area contributed by atoms with Gasteiger partial charge in [-0.3, -0.25) is 9.59 Å². The predicted octanol–water partition coefficient (Wildman–Crippen LogP) is 1.93. The first-order chi connectivity index (χ1) is 10.6. The van der Waals surface area contributed by atoms with Gasteiger partial charge in [-0.15, -0.1) is 0 Å². The summed E-state index contributed by atoms with van der Waals surface area (Å²) in [6.07, 6.45) is -0.159. The topological polar surface area (TPSA) is 90.6 Å². The smallest absolute Gasteiger partial charge is 0.308 e. The Morgan fingerprint density at radius 3 is 2.52 bits per heavy atom. The van der Waals surface area contributed by atoms with E-state index in [1.54, 1.807) is 27.9 Å². The summed E-state index contributed by atoms with van der Waals surface area (Å²) in [7, 11) is 1.58. The lowest BCUT2D eigenvalue weighted by molar-refractivity contribution is -0.156. The molecule has 0 saturated heterocycles. The van der Waals surface area contributed by atoms with Crippen LogP contribution >= 0.6 is 0 Å². The lowest BCUT2D eigenvalue weighted by atomic mass is 10.1. The summed E-state index contributed by atoms with van der Waals surface area (Å²) in [6.45, 7) is 7.14. The fraction of sp³-hybridized carbons (Fsp3) is 0.529. The minimum absolute atomic E-state index is 0.159. The first-order valence-corrected chi connectivity index (χ1v) is 7.54. The Morgan fingerprint density at radius 2 is 1.96 bits per heavy atom. The molecule has 6 nitrogen and oxygen atoms in total. The number of carbonyl (C=O) groups excluding carboxylic acids is 2. The molecule has 0 radical (unpaired) electrons. The maximum atomic E-state index is 12.1. The average molecular weight is 322 g/mol. The van der Waals surface area contributed by atoms with E-state index in [2.05, 4.69) is 5.32 Å². The second-order valence-electron chi connectivity index (χ2n) is 6.40. The molecule has 1 aromatic carbocycles. The fourth-order valence-electron chi connectivity index (χ4n) is 1.97. The molecule has 2 atom stereocenters. The number of amides is 1. The molecule has 0 spiro atoms. The summed E-state index contributed by atoms with van der Waals surface area (Å²) in [5.74, 6) is -0.179. The van der Waals surface area contributed by atoms with Crippen molar-refractivity contribution in [1.29, 1.82) is 0 Å². The third kappa shape index (κ3) is 6.69. The Labute approximate surface area is 137 Å². The van der Waals surface area contributed by atoms with Crippen LogP contribution in [0.1, 0.15) is 45.7 Å². The Hall–Kier alpha value is -2.08. The molecule has 1 aromatic rings. The molecular weight excluding hydrogens is 296 g/mol. The van der Waals surface area contributed by atoms with Crippen molar-refractivity contribution < 1.29 is 19.1 Å². The van der Waals surface area contributed by atoms with Crippen LogP contribution in [-0.2, 0) is 14.3 Å². The maximum absolute atomic E-state index is 12.1. The molecule has 0 heterocycles. The predicted molar refractivity (Wildman–Crippen MR) is 88.0 cm³/mol. The van der Waals surface area contributed by atoms with Gasteiger partial charge in [-0.1, -0.05) is 12.1 Å². The maximum Gasteiger partial charge on any atom is 0.308 e. The largest absolute Gasteiger partial charge is 0.497 e. The van der Waals surface area contributed by atoms with E-state index in [0.717, 1.165) is 5.56 Å². The highest BCUT2D eigenvalue weighted by atomic mass is 16.6. The molecule has 1 rings (SSSR count). The van der Waals surface area contributed by atoms with Crippen molar-refractivity contribution >= 4 is 11.9 Å². The van der Waals surface area contributed by atoms with Crippen LogP contribution < -0.4 is 15.8 Å². The molecule has 2 unspecified atom stereocenters. The lowest BCUT2D eigenvalue weighted by Gasteiger charge is -2.21. The van der Waals surface area contributed by atoms with Gasteiger partial charge in [-0.2, -0.15) is 0 Å². The highest BCUT2D eigenvalue weighted by molar-refractivity contribution is 5.86. The van der Waals surface area contributed by atoms with Gasteiger partial charge in [0.1, 0.15) is 11.4 Å². The van der Waals surface area contributed by atoms with Gasteiger partial charge in [-0.25, -0.2) is 0 Å². The Morgan fingerprint density at radius 1 is 1.30 bits per heavy atom. The zero-order valence-electron chi connectivity index (χ0n) is 14.4. The molecule has 0 aromatic heterocycles. The van der Waals surface area contributed by atoms with E-state index in [-0.39, 0.29) is 12.5 Å². The summed E-state index contributed by atoms with van der Waals surface area (Å²) in [5.41, 5.74) is 6.08. The van der Waals surface area contributed by atoms with E-state index in [1.807, 2.05) is 31.2 Å².